The Morgan fingerprint density at radius 1 is 1.73 bits per heavy atom. The quantitative estimate of drug-likeness (QED) is 0.756. The first-order valence-corrected chi connectivity index (χ1v) is 4.68. The van der Waals surface area contributed by atoms with E-state index in [-0.39, 0.29) is 0 Å². The third-order valence-corrected chi connectivity index (χ3v) is 2.50. The molecule has 3 nitrogen and oxygen atoms in total. The zero-order chi connectivity index (χ0) is 12.7. The molecule has 1 aliphatic heterocycles. The number of hydrogen-bond donors (Lipinski definition) is 1. The lowest BCUT2D eigenvalue weighted by Gasteiger charge is -2.23. The van der Waals surface area contributed by atoms with Crippen LogP contribution in [-0.4, -0.2) is 33.3 Å². The lowest BCUT2D eigenvalue weighted by Crippen LogP contribution is -2.38. The summed E-state index contributed by atoms with van der Waals surface area (Å²) < 4.78 is 44.0. The number of aliphatic carboxylic acids is 1. The summed E-state index contributed by atoms with van der Waals surface area (Å²) >= 11 is 7.90. The van der Waals surface area contributed by atoms with Gasteiger partial charge >= 0.3 is 12.1 Å². The number of alkyl halides is 4. The molecule has 1 aliphatic rings. The SMILES string of the molecule is [2H]C1(Cl)C=C(C(=O)O)C(Br)=NC1C(F)(F)F. The Morgan fingerprint density at radius 2 is 2.27 bits per heavy atom. The third-order valence-electron chi connectivity index (χ3n) is 1.55. The van der Waals surface area contributed by atoms with Gasteiger partial charge in [-0.15, -0.1) is 11.6 Å². The molecule has 0 aromatic carbocycles. The molecular weight excluding hydrogens is 302 g/mol. The van der Waals surface area contributed by atoms with E-state index in [0.717, 1.165) is 0 Å². The van der Waals surface area contributed by atoms with Crippen LogP contribution in [0.15, 0.2) is 16.6 Å². The van der Waals surface area contributed by atoms with Crippen molar-refractivity contribution in [2.24, 2.45) is 4.99 Å². The van der Waals surface area contributed by atoms with E-state index in [1.807, 2.05) is 0 Å². The number of carboxylic acids is 1. The highest BCUT2D eigenvalue weighted by Crippen LogP contribution is 2.33. The van der Waals surface area contributed by atoms with Crippen LogP contribution in [0.25, 0.3) is 0 Å². The molecule has 0 aliphatic carbocycles. The summed E-state index contributed by atoms with van der Waals surface area (Å²) in [6.07, 6.45) is -4.31. The molecule has 2 unspecified atom stereocenters. The minimum Gasteiger partial charge on any atom is -0.478 e. The van der Waals surface area contributed by atoms with Crippen molar-refractivity contribution in [3.8, 4) is 0 Å². The second-order valence-electron chi connectivity index (χ2n) is 2.61. The molecule has 0 aromatic heterocycles. The van der Waals surface area contributed by atoms with Gasteiger partial charge in [0, 0.05) is 0 Å². The predicted octanol–water partition coefficient (Wildman–Crippen LogP) is 2.34. The minimum absolute atomic E-state index is 0.481. The van der Waals surface area contributed by atoms with Gasteiger partial charge in [-0.25, -0.2) is 4.79 Å². The van der Waals surface area contributed by atoms with Gasteiger partial charge in [-0.3, -0.25) is 4.99 Å². The monoisotopic (exact) mass is 306 g/mol. The van der Waals surface area contributed by atoms with Gasteiger partial charge in [0.2, 0.25) is 0 Å². The number of aliphatic imine (C=N–C) groups is 1. The maximum absolute atomic E-state index is 12.4. The zero-order valence-corrected chi connectivity index (χ0v) is 9.19. The summed E-state index contributed by atoms with van der Waals surface area (Å²) in [6, 6.07) is -2.50. The van der Waals surface area contributed by atoms with E-state index in [9.17, 15) is 18.0 Å². The number of hydrogen-bond acceptors (Lipinski definition) is 2. The Kier molecular flexibility index (Phi) is 3.01. The number of carboxylic acid groups (broad SMARTS) is 1. The Bertz CT molecular complexity index is 394. The van der Waals surface area contributed by atoms with Crippen molar-refractivity contribution in [3.63, 3.8) is 0 Å². The molecule has 0 saturated carbocycles. The number of nitrogens with zero attached hydrogens (tertiary/aromatic N) is 1. The molecule has 84 valence electrons. The third kappa shape index (κ3) is 2.72. The van der Waals surface area contributed by atoms with Crippen LogP contribution in [0.1, 0.15) is 1.37 Å². The molecule has 0 amide bonds. The van der Waals surface area contributed by atoms with Gasteiger partial charge < -0.3 is 5.11 Å². The zero-order valence-electron chi connectivity index (χ0n) is 7.85. The first-order valence-electron chi connectivity index (χ1n) is 4.01. The molecule has 0 saturated heterocycles. The number of rotatable bonds is 1. The molecule has 15 heavy (non-hydrogen) atoms. The van der Waals surface area contributed by atoms with Crippen LogP contribution < -0.4 is 0 Å². The van der Waals surface area contributed by atoms with E-state index in [0.29, 0.717) is 6.08 Å². The van der Waals surface area contributed by atoms with E-state index >= 15 is 0 Å². The summed E-state index contributed by atoms with van der Waals surface area (Å²) in [6.45, 7) is 0. The lowest BCUT2D eigenvalue weighted by atomic mass is 10.1. The van der Waals surface area contributed by atoms with Crippen molar-refractivity contribution in [3.05, 3.63) is 11.6 Å². The summed E-state index contributed by atoms with van der Waals surface area (Å²) in [5.74, 6) is -1.51. The molecule has 0 bridgehead atoms. The first kappa shape index (κ1) is 10.9. The Hall–Kier alpha value is -0.560. The van der Waals surface area contributed by atoms with Gasteiger partial charge in [0.15, 0.2) is 6.04 Å². The van der Waals surface area contributed by atoms with Crippen LogP contribution in [0.4, 0.5) is 13.2 Å². The summed E-state index contributed by atoms with van der Waals surface area (Å²) in [5.41, 5.74) is -0.564. The largest absolute Gasteiger partial charge is 0.478 e. The topological polar surface area (TPSA) is 49.7 Å². The molecule has 1 heterocycles. The van der Waals surface area contributed by atoms with Gasteiger partial charge in [0.25, 0.3) is 0 Å². The Balaban J connectivity index is 3.22. The van der Waals surface area contributed by atoms with Crippen molar-refractivity contribution in [2.75, 3.05) is 0 Å². The van der Waals surface area contributed by atoms with Crippen molar-refractivity contribution in [1.29, 1.82) is 0 Å². The fourth-order valence-electron chi connectivity index (χ4n) is 0.900. The predicted molar refractivity (Wildman–Crippen MR) is 51.6 cm³/mol. The smallest absolute Gasteiger partial charge is 0.412 e. The van der Waals surface area contributed by atoms with Crippen LogP contribution in [0.2, 0.25) is 0 Å². The van der Waals surface area contributed by atoms with E-state index in [2.05, 4.69) is 20.9 Å². The lowest BCUT2D eigenvalue weighted by molar-refractivity contribution is -0.145. The van der Waals surface area contributed by atoms with Gasteiger partial charge in [0.05, 0.1) is 12.3 Å². The minimum atomic E-state index is -4.82. The molecule has 1 rings (SSSR count). The normalized spacial score (nSPS) is 32.9. The van der Waals surface area contributed by atoms with E-state index < -0.39 is 33.7 Å². The van der Waals surface area contributed by atoms with Crippen molar-refractivity contribution in [2.45, 2.75) is 17.6 Å². The highest BCUT2D eigenvalue weighted by molar-refractivity contribution is 9.18. The van der Waals surface area contributed by atoms with Crippen molar-refractivity contribution < 1.29 is 24.4 Å². The molecule has 0 spiro atoms. The van der Waals surface area contributed by atoms with Gasteiger partial charge in [-0.2, -0.15) is 13.2 Å². The van der Waals surface area contributed by atoms with Crippen molar-refractivity contribution in [1.82, 2.24) is 0 Å². The maximum Gasteiger partial charge on any atom is 0.412 e. The highest BCUT2D eigenvalue weighted by Gasteiger charge is 2.46. The highest BCUT2D eigenvalue weighted by atomic mass is 79.9. The Morgan fingerprint density at radius 3 is 2.67 bits per heavy atom. The van der Waals surface area contributed by atoms with E-state index in [4.69, 9.17) is 18.1 Å². The number of halogens is 5. The van der Waals surface area contributed by atoms with Gasteiger partial charge in [-0.1, -0.05) is 0 Å². The average Bonchev–Trinajstić information content (AvgIpc) is 2.06. The van der Waals surface area contributed by atoms with E-state index in [1.165, 1.54) is 0 Å². The molecule has 0 fully saturated rings. The van der Waals surface area contributed by atoms with Gasteiger partial charge in [0.1, 0.15) is 4.62 Å². The van der Waals surface area contributed by atoms with Crippen LogP contribution in [0, 0.1) is 0 Å². The Labute approximate surface area is 97.2 Å². The molecular formula is C7H4BrClF3NO2. The molecule has 8 heteroatoms. The molecule has 2 atom stereocenters. The fourth-order valence-corrected chi connectivity index (χ4v) is 1.67. The second-order valence-corrected chi connectivity index (χ2v) is 3.80. The standard InChI is InChI=1S/C7H4BrClF3NO2/c8-5-2(6(14)15)1-3(9)4(13-5)7(10,11)12/h1,3-4H,(H,14,15)/i3D. The van der Waals surface area contributed by atoms with E-state index in [1.54, 1.807) is 0 Å². The number of dihydropyridines is 1. The van der Waals surface area contributed by atoms with Crippen LogP contribution >= 0.6 is 27.5 Å². The van der Waals surface area contributed by atoms with Crippen LogP contribution in [-0.2, 0) is 4.79 Å². The van der Waals surface area contributed by atoms with Gasteiger partial charge in [-0.05, 0) is 22.0 Å². The maximum atomic E-state index is 12.4. The average molecular weight is 307 g/mol. The first-order chi connectivity index (χ1) is 7.05. The van der Waals surface area contributed by atoms with Crippen molar-refractivity contribution >= 4 is 38.1 Å². The number of carbonyl (C=O) groups is 1. The molecule has 0 aromatic rings. The second kappa shape index (κ2) is 4.13. The molecule has 1 N–H and O–H groups in total. The fraction of sp³-hybridized carbons (Fsp3) is 0.429. The summed E-state index contributed by atoms with van der Waals surface area (Å²) in [4.78, 5) is 13.7. The molecule has 0 radical (unpaired) electrons. The summed E-state index contributed by atoms with van der Waals surface area (Å²) in [5, 5.41) is 5.98. The van der Waals surface area contributed by atoms with Crippen LogP contribution in [0.3, 0.4) is 0 Å². The van der Waals surface area contributed by atoms with Crippen LogP contribution in [0.5, 0.6) is 0 Å². The summed E-state index contributed by atoms with van der Waals surface area (Å²) in [7, 11) is 0.